The summed E-state index contributed by atoms with van der Waals surface area (Å²) in [6, 6.07) is 14.1. The second-order valence-electron chi connectivity index (χ2n) is 3.53. The second kappa shape index (κ2) is 6.19. The van der Waals surface area contributed by atoms with Crippen molar-refractivity contribution in [1.82, 2.24) is 4.98 Å². The number of thioether (sulfide) groups is 1. The van der Waals surface area contributed by atoms with E-state index in [1.165, 1.54) is 4.90 Å². The summed E-state index contributed by atoms with van der Waals surface area (Å²) in [5.41, 5.74) is 6.85. The number of pyridine rings is 1. The zero-order valence-electron chi connectivity index (χ0n) is 9.21. The summed E-state index contributed by atoms with van der Waals surface area (Å²) >= 11 is 5.28. The minimum absolute atomic E-state index is 0.190. The van der Waals surface area contributed by atoms with Gasteiger partial charge in [0.05, 0.1) is 10.9 Å². The van der Waals surface area contributed by atoms with E-state index in [0.717, 1.165) is 10.2 Å². The molecule has 0 spiro atoms. The Morgan fingerprint density at radius 2 is 1.94 bits per heavy atom. The van der Waals surface area contributed by atoms with Gasteiger partial charge in [-0.15, -0.1) is 11.8 Å². The highest BCUT2D eigenvalue weighted by atomic mass is 79.9. The van der Waals surface area contributed by atoms with Crippen LogP contribution in [0, 0.1) is 0 Å². The van der Waals surface area contributed by atoms with E-state index in [1.54, 1.807) is 18.0 Å². The van der Waals surface area contributed by atoms with E-state index in [1.807, 2.05) is 36.4 Å². The zero-order valence-corrected chi connectivity index (χ0v) is 11.6. The van der Waals surface area contributed by atoms with Crippen LogP contribution in [0.1, 0.15) is 10.9 Å². The fraction of sp³-hybridized carbons (Fsp3) is 0.154. The molecule has 1 aromatic carbocycles. The Balaban J connectivity index is 2.19. The molecule has 0 fully saturated rings. The molecule has 0 radical (unpaired) electrons. The van der Waals surface area contributed by atoms with Gasteiger partial charge in [-0.3, -0.25) is 4.98 Å². The molecule has 2 nitrogen and oxygen atoms in total. The topological polar surface area (TPSA) is 38.9 Å². The molecule has 0 aliphatic rings. The number of aromatic nitrogens is 1. The van der Waals surface area contributed by atoms with Crippen LogP contribution in [0.2, 0.25) is 0 Å². The van der Waals surface area contributed by atoms with Crippen molar-refractivity contribution in [3.8, 4) is 0 Å². The van der Waals surface area contributed by atoms with Gasteiger partial charge in [-0.25, -0.2) is 0 Å². The van der Waals surface area contributed by atoms with Crippen molar-refractivity contribution in [2.45, 2.75) is 10.1 Å². The molecule has 17 heavy (non-hydrogen) atoms. The first-order chi connectivity index (χ1) is 8.31. The molecule has 0 aliphatic heterocycles. The lowest BCUT2D eigenvalue weighted by Crippen LogP contribution is -2.10. The van der Waals surface area contributed by atoms with E-state index in [-0.39, 0.29) is 5.25 Å². The van der Waals surface area contributed by atoms with E-state index in [9.17, 15) is 0 Å². The SMILES string of the molecule is NCC(Sc1ccccc1Br)c1ccccn1. The third-order valence-electron chi connectivity index (χ3n) is 2.34. The van der Waals surface area contributed by atoms with Crippen LogP contribution < -0.4 is 5.73 Å². The average Bonchev–Trinajstić information content (AvgIpc) is 2.39. The fourth-order valence-corrected chi connectivity index (χ4v) is 3.06. The van der Waals surface area contributed by atoms with Gasteiger partial charge in [-0.1, -0.05) is 18.2 Å². The second-order valence-corrected chi connectivity index (χ2v) is 5.63. The van der Waals surface area contributed by atoms with Crippen molar-refractivity contribution in [2.24, 2.45) is 5.73 Å². The molecular weight excluding hydrogens is 296 g/mol. The standard InChI is InChI=1S/C13H13BrN2S/c14-10-5-1-2-7-12(10)17-13(9-15)11-6-3-4-8-16-11/h1-8,13H,9,15H2. The van der Waals surface area contributed by atoms with Gasteiger partial charge in [-0.05, 0) is 40.2 Å². The molecule has 1 atom stereocenters. The third kappa shape index (κ3) is 3.31. The van der Waals surface area contributed by atoms with Crippen LogP contribution in [0.3, 0.4) is 0 Å². The summed E-state index contributed by atoms with van der Waals surface area (Å²) in [5.74, 6) is 0. The lowest BCUT2D eigenvalue weighted by Gasteiger charge is -2.14. The Hall–Kier alpha value is -0.840. The number of nitrogens with two attached hydrogens (primary N) is 1. The minimum Gasteiger partial charge on any atom is -0.329 e. The lowest BCUT2D eigenvalue weighted by atomic mass is 10.3. The van der Waals surface area contributed by atoms with Crippen molar-refractivity contribution >= 4 is 27.7 Å². The molecule has 2 rings (SSSR count). The Kier molecular flexibility index (Phi) is 4.59. The Morgan fingerprint density at radius 3 is 2.59 bits per heavy atom. The van der Waals surface area contributed by atoms with E-state index < -0.39 is 0 Å². The fourth-order valence-electron chi connectivity index (χ4n) is 1.49. The van der Waals surface area contributed by atoms with Crippen LogP contribution in [0.25, 0.3) is 0 Å². The quantitative estimate of drug-likeness (QED) is 0.877. The average molecular weight is 309 g/mol. The predicted molar refractivity (Wildman–Crippen MR) is 76.0 cm³/mol. The van der Waals surface area contributed by atoms with Gasteiger partial charge in [0.15, 0.2) is 0 Å². The molecule has 1 heterocycles. The van der Waals surface area contributed by atoms with Crippen LogP contribution in [-0.2, 0) is 0 Å². The highest BCUT2D eigenvalue weighted by Gasteiger charge is 2.13. The Morgan fingerprint density at radius 1 is 1.18 bits per heavy atom. The number of benzene rings is 1. The molecule has 0 amide bonds. The van der Waals surface area contributed by atoms with E-state index in [4.69, 9.17) is 5.73 Å². The van der Waals surface area contributed by atoms with Gasteiger partial charge < -0.3 is 5.73 Å². The zero-order chi connectivity index (χ0) is 12.1. The summed E-state index contributed by atoms with van der Waals surface area (Å²) < 4.78 is 1.10. The summed E-state index contributed by atoms with van der Waals surface area (Å²) in [6.45, 7) is 0.572. The van der Waals surface area contributed by atoms with Gasteiger partial charge >= 0.3 is 0 Å². The van der Waals surface area contributed by atoms with Gasteiger partial charge in [0.25, 0.3) is 0 Å². The van der Waals surface area contributed by atoms with Crippen molar-refractivity contribution in [2.75, 3.05) is 6.54 Å². The minimum atomic E-state index is 0.190. The van der Waals surface area contributed by atoms with E-state index >= 15 is 0 Å². The largest absolute Gasteiger partial charge is 0.329 e. The van der Waals surface area contributed by atoms with Gasteiger partial charge in [0.2, 0.25) is 0 Å². The molecule has 0 saturated carbocycles. The highest BCUT2D eigenvalue weighted by Crippen LogP contribution is 2.37. The van der Waals surface area contributed by atoms with E-state index in [2.05, 4.69) is 27.0 Å². The molecular formula is C13H13BrN2S. The number of rotatable bonds is 4. The summed E-state index contributed by atoms with van der Waals surface area (Å²) in [4.78, 5) is 5.55. The van der Waals surface area contributed by atoms with Gasteiger partial charge in [-0.2, -0.15) is 0 Å². The van der Waals surface area contributed by atoms with Crippen molar-refractivity contribution in [3.63, 3.8) is 0 Å². The first-order valence-corrected chi connectivity index (χ1v) is 7.00. The third-order valence-corrected chi connectivity index (χ3v) is 4.62. The Bertz CT molecular complexity index is 476. The number of halogens is 1. The maximum atomic E-state index is 5.83. The van der Waals surface area contributed by atoms with Crippen LogP contribution in [0.5, 0.6) is 0 Å². The summed E-state index contributed by atoms with van der Waals surface area (Å²) in [7, 11) is 0. The van der Waals surface area contributed by atoms with Crippen LogP contribution >= 0.6 is 27.7 Å². The van der Waals surface area contributed by atoms with Gasteiger partial charge in [0.1, 0.15) is 0 Å². The molecule has 2 aromatic rings. The van der Waals surface area contributed by atoms with Crippen LogP contribution in [-0.4, -0.2) is 11.5 Å². The van der Waals surface area contributed by atoms with Gasteiger partial charge in [0, 0.05) is 22.1 Å². The first kappa shape index (κ1) is 12.6. The maximum absolute atomic E-state index is 5.83. The monoisotopic (exact) mass is 308 g/mol. The smallest absolute Gasteiger partial charge is 0.0639 e. The number of hydrogen-bond acceptors (Lipinski definition) is 3. The lowest BCUT2D eigenvalue weighted by molar-refractivity contribution is 0.898. The summed E-state index contributed by atoms with van der Waals surface area (Å²) in [5, 5.41) is 0.190. The molecule has 0 bridgehead atoms. The summed E-state index contributed by atoms with van der Waals surface area (Å²) in [6.07, 6.45) is 1.80. The predicted octanol–water partition coefficient (Wildman–Crippen LogP) is 3.64. The van der Waals surface area contributed by atoms with Crippen LogP contribution in [0.4, 0.5) is 0 Å². The number of hydrogen-bond donors (Lipinski definition) is 1. The van der Waals surface area contributed by atoms with Crippen molar-refractivity contribution < 1.29 is 0 Å². The Labute approximate surface area is 114 Å². The molecule has 1 unspecified atom stereocenters. The number of nitrogens with zero attached hydrogens (tertiary/aromatic N) is 1. The van der Waals surface area contributed by atoms with Crippen molar-refractivity contribution in [1.29, 1.82) is 0 Å². The first-order valence-electron chi connectivity index (χ1n) is 5.33. The van der Waals surface area contributed by atoms with Crippen LogP contribution in [0.15, 0.2) is 58.0 Å². The highest BCUT2D eigenvalue weighted by molar-refractivity contribution is 9.10. The molecule has 88 valence electrons. The normalized spacial score (nSPS) is 12.4. The van der Waals surface area contributed by atoms with Crippen molar-refractivity contribution in [3.05, 3.63) is 58.8 Å². The molecule has 2 N–H and O–H groups in total. The molecule has 0 saturated heterocycles. The maximum Gasteiger partial charge on any atom is 0.0639 e. The molecule has 1 aromatic heterocycles. The molecule has 0 aliphatic carbocycles. The molecule has 4 heteroatoms. The van der Waals surface area contributed by atoms with E-state index in [0.29, 0.717) is 6.54 Å².